The molecule has 4 aromatic rings. The summed E-state index contributed by atoms with van der Waals surface area (Å²) in [6.45, 7) is 2.87. The van der Waals surface area contributed by atoms with Crippen LogP contribution in [0.25, 0.3) is 10.8 Å². The van der Waals surface area contributed by atoms with Crippen molar-refractivity contribution in [2.45, 2.75) is 19.8 Å². The van der Waals surface area contributed by atoms with Gasteiger partial charge in [0.2, 0.25) is 5.75 Å². The summed E-state index contributed by atoms with van der Waals surface area (Å²) in [7, 11) is 3.24. The standard InChI is InChI=1S/C28H29NO5/c1-4-33-24-11-10-22-21(17-29-18-23(22)27(24)30)14-20-15-25(31-2)28(26(16-20)32-3)34-13-12-19-8-6-5-7-9-19/h5-11,15-18,30H,4,12-14H2,1-3H3. The van der Waals surface area contributed by atoms with Crippen LogP contribution in [0.1, 0.15) is 23.6 Å². The van der Waals surface area contributed by atoms with Gasteiger partial charge in [0.25, 0.3) is 0 Å². The summed E-state index contributed by atoms with van der Waals surface area (Å²) < 4.78 is 22.9. The second-order valence-electron chi connectivity index (χ2n) is 7.83. The van der Waals surface area contributed by atoms with Crippen LogP contribution in [0.3, 0.4) is 0 Å². The Hall–Kier alpha value is -3.93. The van der Waals surface area contributed by atoms with Gasteiger partial charge in [0.05, 0.1) is 27.4 Å². The lowest BCUT2D eigenvalue weighted by atomic mass is 9.99. The minimum absolute atomic E-state index is 0.103. The number of phenols is 1. The van der Waals surface area contributed by atoms with Crippen molar-refractivity contribution >= 4 is 10.8 Å². The second kappa shape index (κ2) is 10.8. The first kappa shape index (κ1) is 23.2. The molecular weight excluding hydrogens is 430 g/mol. The average molecular weight is 460 g/mol. The number of fused-ring (bicyclic) bond motifs is 1. The largest absolute Gasteiger partial charge is 0.504 e. The molecule has 4 rings (SSSR count). The summed E-state index contributed by atoms with van der Waals surface area (Å²) in [5.74, 6) is 2.36. The van der Waals surface area contributed by atoms with E-state index in [4.69, 9.17) is 18.9 Å². The molecule has 0 radical (unpaired) electrons. The van der Waals surface area contributed by atoms with Gasteiger partial charge in [-0.25, -0.2) is 0 Å². The Labute approximate surface area is 199 Å². The Bertz CT molecular complexity index is 1230. The van der Waals surface area contributed by atoms with Crippen molar-refractivity contribution in [3.63, 3.8) is 0 Å². The van der Waals surface area contributed by atoms with Gasteiger partial charge in [-0.05, 0) is 53.6 Å². The highest BCUT2D eigenvalue weighted by molar-refractivity contribution is 5.92. The molecule has 0 saturated heterocycles. The molecule has 6 nitrogen and oxygen atoms in total. The van der Waals surface area contributed by atoms with Crippen LogP contribution in [0.4, 0.5) is 0 Å². The molecule has 0 aliphatic carbocycles. The van der Waals surface area contributed by atoms with E-state index in [2.05, 4.69) is 17.1 Å². The summed E-state index contributed by atoms with van der Waals surface area (Å²) in [6, 6.07) is 17.8. The Morgan fingerprint density at radius 1 is 0.794 bits per heavy atom. The molecule has 1 heterocycles. The monoisotopic (exact) mass is 459 g/mol. The third-order valence-corrected chi connectivity index (χ3v) is 5.65. The first-order chi connectivity index (χ1) is 16.6. The number of nitrogens with zero attached hydrogens (tertiary/aromatic N) is 1. The maximum absolute atomic E-state index is 10.6. The maximum Gasteiger partial charge on any atom is 0.203 e. The summed E-state index contributed by atoms with van der Waals surface area (Å²) >= 11 is 0. The second-order valence-corrected chi connectivity index (χ2v) is 7.83. The first-order valence-electron chi connectivity index (χ1n) is 11.3. The van der Waals surface area contributed by atoms with E-state index in [0.29, 0.717) is 48.0 Å². The molecule has 0 saturated carbocycles. The number of hydrogen-bond donors (Lipinski definition) is 1. The number of phenolic OH excluding ortho intramolecular Hbond substituents is 1. The third-order valence-electron chi connectivity index (χ3n) is 5.65. The zero-order valence-corrected chi connectivity index (χ0v) is 19.7. The molecule has 3 aromatic carbocycles. The minimum atomic E-state index is 0.103. The molecule has 0 amide bonds. The van der Waals surface area contributed by atoms with Gasteiger partial charge in [0, 0.05) is 24.2 Å². The molecule has 0 unspecified atom stereocenters. The van der Waals surface area contributed by atoms with Crippen LogP contribution in [0.5, 0.6) is 28.7 Å². The fourth-order valence-corrected chi connectivity index (χ4v) is 4.00. The van der Waals surface area contributed by atoms with E-state index in [1.54, 1.807) is 26.5 Å². The SMILES string of the molecule is CCOc1ccc2c(Cc3cc(OC)c(OCCc4ccccc4)c(OC)c3)cncc2c1O. The highest BCUT2D eigenvalue weighted by atomic mass is 16.5. The van der Waals surface area contributed by atoms with E-state index in [-0.39, 0.29) is 5.75 Å². The molecule has 0 bridgehead atoms. The summed E-state index contributed by atoms with van der Waals surface area (Å²) in [5, 5.41) is 12.2. The average Bonchev–Trinajstić information content (AvgIpc) is 2.87. The van der Waals surface area contributed by atoms with Gasteiger partial charge >= 0.3 is 0 Å². The van der Waals surface area contributed by atoms with Crippen molar-refractivity contribution in [2.75, 3.05) is 27.4 Å². The van der Waals surface area contributed by atoms with Crippen molar-refractivity contribution in [2.24, 2.45) is 0 Å². The summed E-state index contributed by atoms with van der Waals surface area (Å²) in [4.78, 5) is 4.34. The molecule has 1 aromatic heterocycles. The van der Waals surface area contributed by atoms with E-state index in [1.807, 2.05) is 49.5 Å². The zero-order chi connectivity index (χ0) is 23.9. The van der Waals surface area contributed by atoms with Gasteiger partial charge in [0.1, 0.15) is 0 Å². The predicted octanol–water partition coefficient (Wildman–Crippen LogP) is 5.57. The predicted molar refractivity (Wildman–Crippen MR) is 133 cm³/mol. The Kier molecular flexibility index (Phi) is 7.38. The number of ether oxygens (including phenoxy) is 4. The quantitative estimate of drug-likeness (QED) is 0.334. The van der Waals surface area contributed by atoms with Crippen molar-refractivity contribution in [1.29, 1.82) is 0 Å². The summed E-state index contributed by atoms with van der Waals surface area (Å²) in [5.41, 5.74) is 3.15. The molecule has 176 valence electrons. The van der Waals surface area contributed by atoms with Gasteiger partial charge in [-0.15, -0.1) is 0 Å². The van der Waals surface area contributed by atoms with E-state index in [9.17, 15) is 5.11 Å². The highest BCUT2D eigenvalue weighted by Gasteiger charge is 2.16. The van der Waals surface area contributed by atoms with Crippen LogP contribution < -0.4 is 18.9 Å². The summed E-state index contributed by atoms with van der Waals surface area (Å²) in [6.07, 6.45) is 4.82. The van der Waals surface area contributed by atoms with Crippen molar-refractivity contribution in [1.82, 2.24) is 4.98 Å². The van der Waals surface area contributed by atoms with Crippen LogP contribution >= 0.6 is 0 Å². The molecule has 34 heavy (non-hydrogen) atoms. The number of aromatic nitrogens is 1. The van der Waals surface area contributed by atoms with Gasteiger partial charge in [-0.1, -0.05) is 36.4 Å². The van der Waals surface area contributed by atoms with E-state index < -0.39 is 0 Å². The fraction of sp³-hybridized carbons (Fsp3) is 0.250. The number of pyridine rings is 1. The van der Waals surface area contributed by atoms with Crippen LogP contribution in [-0.2, 0) is 12.8 Å². The first-order valence-corrected chi connectivity index (χ1v) is 11.3. The van der Waals surface area contributed by atoms with Crippen molar-refractivity contribution in [3.05, 3.63) is 83.7 Å². The van der Waals surface area contributed by atoms with Crippen LogP contribution in [0.2, 0.25) is 0 Å². The Balaban J connectivity index is 1.60. The number of hydrogen-bond acceptors (Lipinski definition) is 6. The molecule has 0 aliphatic rings. The van der Waals surface area contributed by atoms with E-state index in [0.717, 1.165) is 22.9 Å². The van der Waals surface area contributed by atoms with Crippen molar-refractivity contribution < 1.29 is 24.1 Å². The number of methoxy groups -OCH3 is 2. The van der Waals surface area contributed by atoms with Gasteiger partial charge in [0.15, 0.2) is 23.0 Å². The van der Waals surface area contributed by atoms with Gasteiger partial charge in [-0.2, -0.15) is 0 Å². The smallest absolute Gasteiger partial charge is 0.203 e. The Morgan fingerprint density at radius 2 is 1.53 bits per heavy atom. The van der Waals surface area contributed by atoms with Crippen molar-refractivity contribution in [3.8, 4) is 28.7 Å². The van der Waals surface area contributed by atoms with E-state index in [1.165, 1.54) is 5.56 Å². The topological polar surface area (TPSA) is 70.0 Å². The molecule has 1 N–H and O–H groups in total. The van der Waals surface area contributed by atoms with Crippen LogP contribution in [-0.4, -0.2) is 37.5 Å². The van der Waals surface area contributed by atoms with E-state index >= 15 is 0 Å². The zero-order valence-electron chi connectivity index (χ0n) is 19.7. The normalized spacial score (nSPS) is 10.8. The molecule has 0 fully saturated rings. The lowest BCUT2D eigenvalue weighted by Gasteiger charge is -2.17. The molecule has 0 aliphatic heterocycles. The molecule has 6 heteroatoms. The third kappa shape index (κ3) is 5.01. The lowest BCUT2D eigenvalue weighted by Crippen LogP contribution is -2.05. The van der Waals surface area contributed by atoms with Crippen LogP contribution in [0, 0.1) is 0 Å². The molecular formula is C28H29NO5. The number of benzene rings is 3. The number of rotatable bonds is 10. The maximum atomic E-state index is 10.6. The van der Waals surface area contributed by atoms with Gasteiger partial charge in [-0.3, -0.25) is 4.98 Å². The molecule has 0 atom stereocenters. The fourth-order valence-electron chi connectivity index (χ4n) is 4.00. The minimum Gasteiger partial charge on any atom is -0.504 e. The lowest BCUT2D eigenvalue weighted by molar-refractivity contribution is 0.277. The van der Waals surface area contributed by atoms with Gasteiger partial charge < -0.3 is 24.1 Å². The Morgan fingerprint density at radius 3 is 2.21 bits per heavy atom. The molecule has 0 spiro atoms. The highest BCUT2D eigenvalue weighted by Crippen LogP contribution is 2.40. The number of aromatic hydroxyl groups is 1. The van der Waals surface area contributed by atoms with Crippen LogP contribution in [0.15, 0.2) is 67.0 Å².